The van der Waals surface area contributed by atoms with Gasteiger partial charge in [-0.25, -0.2) is 19.6 Å². The smallest absolute Gasteiger partial charge is 0.425 e. The summed E-state index contributed by atoms with van der Waals surface area (Å²) in [7, 11) is 5.76. The van der Waals surface area contributed by atoms with Crippen LogP contribution in [-0.4, -0.2) is 41.2 Å². The minimum absolute atomic E-state index is 0.0502. The van der Waals surface area contributed by atoms with Crippen molar-refractivity contribution in [3.8, 4) is 11.6 Å². The van der Waals surface area contributed by atoms with Gasteiger partial charge in [0.2, 0.25) is 5.82 Å². The Bertz CT molecular complexity index is 890. The zero-order valence-electron chi connectivity index (χ0n) is 18.3. The second-order valence-corrected chi connectivity index (χ2v) is 8.63. The van der Waals surface area contributed by atoms with E-state index in [9.17, 15) is 9.59 Å². The summed E-state index contributed by atoms with van der Waals surface area (Å²) in [5.74, 6) is 0.0823. The second kappa shape index (κ2) is 8.73. The molecule has 9 heteroatoms. The third-order valence-corrected chi connectivity index (χ3v) is 3.34. The fourth-order valence-electron chi connectivity index (χ4n) is 2.18. The Kier molecular flexibility index (Phi) is 6.75. The second-order valence-electron chi connectivity index (χ2n) is 8.63. The number of ether oxygens (including phenoxy) is 3. The normalized spacial score (nSPS) is 11.6. The van der Waals surface area contributed by atoms with Crippen LogP contribution in [0.1, 0.15) is 47.1 Å². The maximum Gasteiger partial charge on any atom is 0.425 e. The molecule has 0 aliphatic rings. The summed E-state index contributed by atoms with van der Waals surface area (Å²) in [6.45, 7) is 12.0. The SMILES string of the molecule is [B]c1cnc(N(C(=O)OC(C)(C)C)C(=O)OC(C)(C)C)c(Oc2ccc(C)cc2)n1. The number of carbonyl (C=O) groups is 2. The molecule has 2 radical (unpaired) electrons. The standard InChI is InChI=1S/C21H26BN3O5/c1-13-8-10-14(11-9-13)28-17-16(23-12-15(22)24-17)25(18(26)29-20(2,3)4)19(27)30-21(5,6)7/h8-12H,1-7H3. The molecule has 0 unspecified atom stereocenters. The molecule has 2 aromatic rings. The topological polar surface area (TPSA) is 90.9 Å². The first kappa shape index (κ1) is 23.2. The molecule has 30 heavy (non-hydrogen) atoms. The van der Waals surface area contributed by atoms with Gasteiger partial charge < -0.3 is 14.2 Å². The minimum Gasteiger partial charge on any atom is -0.443 e. The van der Waals surface area contributed by atoms with Crippen LogP contribution < -0.4 is 15.2 Å². The molecule has 8 nitrogen and oxygen atoms in total. The molecule has 2 rings (SSSR count). The fraction of sp³-hybridized carbons (Fsp3) is 0.429. The first-order valence-corrected chi connectivity index (χ1v) is 9.38. The molecule has 0 fully saturated rings. The van der Waals surface area contributed by atoms with E-state index in [4.69, 9.17) is 22.1 Å². The Hall–Kier alpha value is -3.10. The predicted octanol–water partition coefficient (Wildman–Crippen LogP) is 4.05. The lowest BCUT2D eigenvalue weighted by atomic mass is 10.1. The molecular weight excluding hydrogens is 385 g/mol. The van der Waals surface area contributed by atoms with Crippen LogP contribution in [0.5, 0.6) is 11.6 Å². The molecule has 0 N–H and O–H groups in total. The number of imide groups is 1. The van der Waals surface area contributed by atoms with Crippen molar-refractivity contribution in [2.45, 2.75) is 59.7 Å². The number of benzene rings is 1. The molecule has 1 aromatic carbocycles. The molecule has 0 aliphatic carbocycles. The Morgan fingerprint density at radius 1 is 0.933 bits per heavy atom. The first-order valence-electron chi connectivity index (χ1n) is 9.38. The number of aryl methyl sites for hydroxylation is 1. The van der Waals surface area contributed by atoms with E-state index in [1.807, 2.05) is 19.1 Å². The van der Waals surface area contributed by atoms with Gasteiger partial charge in [0.1, 0.15) is 24.8 Å². The van der Waals surface area contributed by atoms with Crippen LogP contribution >= 0.6 is 0 Å². The van der Waals surface area contributed by atoms with E-state index in [-0.39, 0.29) is 17.3 Å². The Labute approximate surface area is 178 Å². The lowest BCUT2D eigenvalue weighted by Gasteiger charge is -2.28. The van der Waals surface area contributed by atoms with Crippen molar-refractivity contribution >= 4 is 31.4 Å². The largest absolute Gasteiger partial charge is 0.443 e. The van der Waals surface area contributed by atoms with Crippen molar-refractivity contribution < 1.29 is 23.8 Å². The van der Waals surface area contributed by atoms with E-state index in [1.54, 1.807) is 53.7 Å². The molecule has 1 heterocycles. The molecule has 0 bridgehead atoms. The Morgan fingerprint density at radius 3 is 1.90 bits per heavy atom. The number of carbonyl (C=O) groups excluding carboxylic acids is 2. The van der Waals surface area contributed by atoms with Crippen LogP contribution in [0, 0.1) is 6.92 Å². The van der Waals surface area contributed by atoms with E-state index in [1.165, 1.54) is 6.20 Å². The summed E-state index contributed by atoms with van der Waals surface area (Å²) in [5, 5.41) is 0. The van der Waals surface area contributed by atoms with Crippen LogP contribution in [0.4, 0.5) is 15.4 Å². The van der Waals surface area contributed by atoms with Crippen LogP contribution in [0.3, 0.4) is 0 Å². The van der Waals surface area contributed by atoms with Gasteiger partial charge in [0, 0.05) is 11.8 Å². The molecule has 0 saturated heterocycles. The monoisotopic (exact) mass is 411 g/mol. The highest BCUT2D eigenvalue weighted by Gasteiger charge is 2.36. The van der Waals surface area contributed by atoms with Gasteiger partial charge in [0.15, 0.2) is 0 Å². The van der Waals surface area contributed by atoms with E-state index < -0.39 is 23.4 Å². The molecule has 0 atom stereocenters. The van der Waals surface area contributed by atoms with Gasteiger partial charge in [0.25, 0.3) is 5.88 Å². The molecule has 1 aromatic heterocycles. The van der Waals surface area contributed by atoms with Gasteiger partial charge in [-0.1, -0.05) is 17.7 Å². The summed E-state index contributed by atoms with van der Waals surface area (Å²) < 4.78 is 16.5. The van der Waals surface area contributed by atoms with Crippen molar-refractivity contribution in [1.82, 2.24) is 9.97 Å². The highest BCUT2D eigenvalue weighted by atomic mass is 16.6. The quantitative estimate of drug-likeness (QED) is 0.704. The third-order valence-electron chi connectivity index (χ3n) is 3.34. The lowest BCUT2D eigenvalue weighted by Crippen LogP contribution is -2.44. The molecule has 2 amide bonds. The van der Waals surface area contributed by atoms with Gasteiger partial charge in [-0.15, -0.1) is 0 Å². The Balaban J connectivity index is 2.52. The predicted molar refractivity (Wildman–Crippen MR) is 114 cm³/mol. The van der Waals surface area contributed by atoms with E-state index in [2.05, 4.69) is 9.97 Å². The molecular formula is C21H26BN3O5. The van der Waals surface area contributed by atoms with Crippen LogP contribution in [0.2, 0.25) is 0 Å². The summed E-state index contributed by atoms with van der Waals surface area (Å²) in [4.78, 5) is 34.6. The summed E-state index contributed by atoms with van der Waals surface area (Å²) >= 11 is 0. The number of aromatic nitrogens is 2. The number of amides is 2. The van der Waals surface area contributed by atoms with Gasteiger partial charge in [0.05, 0.1) is 0 Å². The van der Waals surface area contributed by atoms with Crippen LogP contribution in [0.25, 0.3) is 0 Å². The first-order chi connectivity index (χ1) is 13.7. The highest BCUT2D eigenvalue weighted by Crippen LogP contribution is 2.30. The van der Waals surface area contributed by atoms with E-state index in [0.29, 0.717) is 10.6 Å². The number of hydrogen-bond acceptors (Lipinski definition) is 7. The van der Waals surface area contributed by atoms with Crippen molar-refractivity contribution in [2.75, 3.05) is 4.90 Å². The van der Waals surface area contributed by atoms with E-state index >= 15 is 0 Å². The lowest BCUT2D eigenvalue weighted by molar-refractivity contribution is 0.0427. The minimum atomic E-state index is -0.982. The van der Waals surface area contributed by atoms with E-state index in [0.717, 1.165) is 5.56 Å². The molecule has 0 aliphatic heterocycles. The van der Waals surface area contributed by atoms with Crippen molar-refractivity contribution in [1.29, 1.82) is 0 Å². The highest BCUT2D eigenvalue weighted by molar-refractivity contribution is 6.30. The number of hydrogen-bond donors (Lipinski definition) is 0. The molecule has 158 valence electrons. The van der Waals surface area contributed by atoms with Crippen LogP contribution in [-0.2, 0) is 9.47 Å². The average Bonchev–Trinajstić information content (AvgIpc) is 2.56. The Morgan fingerprint density at radius 2 is 1.43 bits per heavy atom. The van der Waals surface area contributed by atoms with Gasteiger partial charge in [-0.05, 0) is 60.6 Å². The number of rotatable bonds is 3. The van der Waals surface area contributed by atoms with Gasteiger partial charge >= 0.3 is 12.2 Å². The maximum absolute atomic E-state index is 12.9. The molecule has 0 saturated carbocycles. The average molecular weight is 411 g/mol. The van der Waals surface area contributed by atoms with Crippen molar-refractivity contribution in [3.05, 3.63) is 36.0 Å². The van der Waals surface area contributed by atoms with Gasteiger partial charge in [-0.3, -0.25) is 0 Å². The summed E-state index contributed by atoms with van der Waals surface area (Å²) in [5.41, 5.74) is -0.646. The number of anilines is 1. The number of nitrogens with zero attached hydrogens (tertiary/aromatic N) is 3. The van der Waals surface area contributed by atoms with Crippen molar-refractivity contribution in [3.63, 3.8) is 0 Å². The van der Waals surface area contributed by atoms with Crippen LogP contribution in [0.15, 0.2) is 30.5 Å². The third kappa shape index (κ3) is 6.75. The fourth-order valence-corrected chi connectivity index (χ4v) is 2.18. The van der Waals surface area contributed by atoms with Gasteiger partial charge in [-0.2, -0.15) is 4.90 Å². The summed E-state index contributed by atoms with van der Waals surface area (Å²) in [6, 6.07) is 7.12. The maximum atomic E-state index is 12.9. The van der Waals surface area contributed by atoms with Crippen molar-refractivity contribution in [2.24, 2.45) is 0 Å². The zero-order valence-corrected chi connectivity index (χ0v) is 18.3. The zero-order chi connectivity index (χ0) is 22.7. The summed E-state index contributed by atoms with van der Waals surface area (Å²) in [6.07, 6.45) is -0.756. The molecule has 0 spiro atoms.